The summed E-state index contributed by atoms with van der Waals surface area (Å²) >= 11 is 0. The second-order valence-corrected chi connectivity index (χ2v) is 8.11. The van der Waals surface area contributed by atoms with Crippen molar-refractivity contribution in [3.8, 4) is 0 Å². The molecule has 4 N–H and O–H groups in total. The number of hydrogen-bond donors (Lipinski definition) is 4. The standard InChI is InChI=1S/C16H28O4.C8H6O4.C2H6O2/c17-15-11-7-8-12-16(18)20-14-10-6-4-2-1-3-5-9-13-19-15;9-7(10)5-1-2-6(4-3-5)8(11)12;3-1-2-4/h1-14H2;1-4H,(H,9,10)(H,11,12);3-4H,1-2H2. The summed E-state index contributed by atoms with van der Waals surface area (Å²) in [6.07, 6.45) is 11.4. The lowest BCUT2D eigenvalue weighted by molar-refractivity contribution is -0.146. The molecule has 1 fully saturated rings. The van der Waals surface area contributed by atoms with Crippen molar-refractivity contribution in [3.05, 3.63) is 35.4 Å². The van der Waals surface area contributed by atoms with E-state index in [1.165, 1.54) is 49.9 Å². The van der Waals surface area contributed by atoms with Gasteiger partial charge < -0.3 is 29.9 Å². The van der Waals surface area contributed by atoms with Crippen LogP contribution in [0.4, 0.5) is 0 Å². The molecule has 0 amide bonds. The van der Waals surface area contributed by atoms with Crippen molar-refractivity contribution < 1.29 is 49.1 Å². The maximum atomic E-state index is 11.4. The number of carboxylic acids is 2. The Morgan fingerprint density at radius 2 is 0.889 bits per heavy atom. The number of cyclic esters (lactones) is 2. The van der Waals surface area contributed by atoms with Gasteiger partial charge in [-0.2, -0.15) is 0 Å². The number of rotatable bonds is 3. The first kappa shape index (κ1) is 33.0. The van der Waals surface area contributed by atoms with Crippen molar-refractivity contribution in [1.29, 1.82) is 0 Å². The van der Waals surface area contributed by atoms with Crippen LogP contribution in [0.5, 0.6) is 0 Å². The SMILES string of the molecule is O=C(O)c1ccc(C(=O)O)cc1.O=C1CCCCC(=O)OCCCCCCCCCCO1.OCCO. The van der Waals surface area contributed by atoms with Crippen LogP contribution in [0.2, 0.25) is 0 Å². The summed E-state index contributed by atoms with van der Waals surface area (Å²) in [7, 11) is 0. The van der Waals surface area contributed by atoms with Crippen LogP contribution in [0.1, 0.15) is 97.8 Å². The minimum absolute atomic E-state index is 0.0833. The fourth-order valence-corrected chi connectivity index (χ4v) is 3.08. The summed E-state index contributed by atoms with van der Waals surface area (Å²) < 4.78 is 10.3. The van der Waals surface area contributed by atoms with Gasteiger partial charge in [0.2, 0.25) is 0 Å². The van der Waals surface area contributed by atoms with E-state index in [4.69, 9.17) is 29.9 Å². The van der Waals surface area contributed by atoms with Crippen LogP contribution in [0, 0.1) is 0 Å². The minimum Gasteiger partial charge on any atom is -0.478 e. The molecule has 36 heavy (non-hydrogen) atoms. The lowest BCUT2D eigenvalue weighted by Crippen LogP contribution is -2.08. The zero-order valence-electron chi connectivity index (χ0n) is 20.9. The topological polar surface area (TPSA) is 168 Å². The number of benzene rings is 1. The van der Waals surface area contributed by atoms with Gasteiger partial charge in [0.15, 0.2) is 0 Å². The molecule has 204 valence electrons. The molecule has 2 rings (SSSR count). The van der Waals surface area contributed by atoms with Gasteiger partial charge in [0.05, 0.1) is 37.6 Å². The smallest absolute Gasteiger partial charge is 0.335 e. The van der Waals surface area contributed by atoms with E-state index in [0.29, 0.717) is 38.9 Å². The zero-order chi connectivity index (χ0) is 27.0. The summed E-state index contributed by atoms with van der Waals surface area (Å²) in [6.45, 7) is 0.835. The summed E-state index contributed by atoms with van der Waals surface area (Å²) in [5.74, 6) is -2.40. The maximum Gasteiger partial charge on any atom is 0.335 e. The van der Waals surface area contributed by atoms with Gasteiger partial charge in [-0.15, -0.1) is 0 Å². The van der Waals surface area contributed by atoms with Crippen molar-refractivity contribution in [3.63, 3.8) is 0 Å². The Bertz CT molecular complexity index is 683. The Morgan fingerprint density at radius 1 is 0.583 bits per heavy atom. The predicted octanol–water partition coefficient (Wildman–Crippen LogP) is 3.82. The van der Waals surface area contributed by atoms with Gasteiger partial charge in [-0.3, -0.25) is 9.59 Å². The van der Waals surface area contributed by atoms with E-state index in [9.17, 15) is 19.2 Å². The van der Waals surface area contributed by atoms with E-state index in [-0.39, 0.29) is 36.3 Å². The van der Waals surface area contributed by atoms with Crippen LogP contribution in [0.3, 0.4) is 0 Å². The van der Waals surface area contributed by atoms with Crippen molar-refractivity contribution in [2.75, 3.05) is 26.4 Å². The number of esters is 2. The fraction of sp³-hybridized carbons (Fsp3) is 0.615. The van der Waals surface area contributed by atoms with Gasteiger partial charge in [-0.05, 0) is 49.9 Å². The molecule has 1 aromatic carbocycles. The molecule has 0 unspecified atom stereocenters. The Labute approximate surface area is 212 Å². The fourth-order valence-electron chi connectivity index (χ4n) is 3.08. The van der Waals surface area contributed by atoms with Crippen LogP contribution in [0.15, 0.2) is 24.3 Å². The van der Waals surface area contributed by atoms with Crippen LogP contribution >= 0.6 is 0 Å². The van der Waals surface area contributed by atoms with Crippen LogP contribution < -0.4 is 0 Å². The highest BCUT2D eigenvalue weighted by molar-refractivity contribution is 5.91. The number of carbonyl (C=O) groups is 4. The minimum atomic E-state index is -1.06. The van der Waals surface area contributed by atoms with Crippen molar-refractivity contribution in [2.45, 2.75) is 77.0 Å². The second-order valence-electron chi connectivity index (χ2n) is 8.11. The van der Waals surface area contributed by atoms with Gasteiger partial charge in [-0.25, -0.2) is 9.59 Å². The first-order valence-electron chi connectivity index (χ1n) is 12.4. The highest BCUT2D eigenvalue weighted by Crippen LogP contribution is 2.10. The molecular formula is C26H40O10. The maximum absolute atomic E-state index is 11.4. The first-order chi connectivity index (χ1) is 17.3. The number of aliphatic hydroxyl groups is 2. The molecule has 1 aliphatic rings. The molecule has 1 saturated heterocycles. The zero-order valence-corrected chi connectivity index (χ0v) is 20.9. The lowest BCUT2D eigenvalue weighted by atomic mass is 10.1. The molecule has 0 bridgehead atoms. The number of aliphatic hydroxyl groups excluding tert-OH is 2. The third-order valence-electron chi connectivity index (χ3n) is 5.06. The second kappa shape index (κ2) is 22.5. The summed E-state index contributed by atoms with van der Waals surface area (Å²) in [6, 6.07) is 5.02. The average Bonchev–Trinajstić information content (AvgIpc) is 2.87. The summed E-state index contributed by atoms with van der Waals surface area (Å²) in [4.78, 5) is 43.5. The molecule has 1 heterocycles. The van der Waals surface area contributed by atoms with E-state index in [2.05, 4.69) is 0 Å². The van der Waals surface area contributed by atoms with E-state index in [1.54, 1.807) is 0 Å². The molecule has 0 atom stereocenters. The quantitative estimate of drug-likeness (QED) is 0.437. The molecule has 0 aliphatic carbocycles. The summed E-state index contributed by atoms with van der Waals surface area (Å²) in [5, 5.41) is 32.2. The van der Waals surface area contributed by atoms with E-state index >= 15 is 0 Å². The van der Waals surface area contributed by atoms with E-state index < -0.39 is 11.9 Å². The van der Waals surface area contributed by atoms with Gasteiger partial charge in [-0.1, -0.05) is 38.5 Å². The Hall–Kier alpha value is -2.98. The largest absolute Gasteiger partial charge is 0.478 e. The van der Waals surface area contributed by atoms with Crippen molar-refractivity contribution in [2.24, 2.45) is 0 Å². The highest BCUT2D eigenvalue weighted by Gasteiger charge is 2.07. The van der Waals surface area contributed by atoms with Crippen molar-refractivity contribution in [1.82, 2.24) is 0 Å². The van der Waals surface area contributed by atoms with Crippen LogP contribution in [-0.2, 0) is 19.1 Å². The number of carbonyl (C=O) groups excluding carboxylic acids is 2. The number of aromatic carboxylic acids is 2. The lowest BCUT2D eigenvalue weighted by Gasteiger charge is -2.07. The summed E-state index contributed by atoms with van der Waals surface area (Å²) in [5.41, 5.74) is 0.167. The first-order valence-corrected chi connectivity index (χ1v) is 12.4. The molecule has 0 saturated carbocycles. The molecule has 0 aromatic heterocycles. The Balaban J connectivity index is 0.000000645. The van der Waals surface area contributed by atoms with E-state index in [1.807, 2.05) is 0 Å². The highest BCUT2D eigenvalue weighted by atomic mass is 16.5. The molecule has 1 aliphatic heterocycles. The molecule has 10 nitrogen and oxygen atoms in total. The Morgan fingerprint density at radius 3 is 1.17 bits per heavy atom. The number of ether oxygens (including phenoxy) is 2. The van der Waals surface area contributed by atoms with Gasteiger partial charge in [0, 0.05) is 12.8 Å². The molecule has 0 radical (unpaired) electrons. The number of hydrogen-bond acceptors (Lipinski definition) is 8. The number of carboxylic acid groups (broad SMARTS) is 2. The normalized spacial score (nSPS) is 16.3. The third-order valence-corrected chi connectivity index (χ3v) is 5.06. The van der Waals surface area contributed by atoms with E-state index in [0.717, 1.165) is 25.7 Å². The van der Waals surface area contributed by atoms with Gasteiger partial charge in [0.1, 0.15) is 0 Å². The van der Waals surface area contributed by atoms with Crippen LogP contribution in [-0.4, -0.2) is 70.7 Å². The monoisotopic (exact) mass is 512 g/mol. The predicted molar refractivity (Wildman–Crippen MR) is 132 cm³/mol. The molecule has 10 heteroatoms. The van der Waals surface area contributed by atoms with Crippen LogP contribution in [0.25, 0.3) is 0 Å². The Kier molecular flexibility index (Phi) is 20.6. The molecule has 1 aromatic rings. The molecular weight excluding hydrogens is 472 g/mol. The van der Waals surface area contributed by atoms with Crippen molar-refractivity contribution >= 4 is 23.9 Å². The van der Waals surface area contributed by atoms with Gasteiger partial charge in [0.25, 0.3) is 0 Å². The third kappa shape index (κ3) is 19.3. The molecule has 0 spiro atoms. The van der Waals surface area contributed by atoms with Gasteiger partial charge >= 0.3 is 23.9 Å². The average molecular weight is 513 g/mol.